The van der Waals surface area contributed by atoms with Gasteiger partial charge in [0.05, 0.1) is 6.04 Å². The molecule has 4 heteroatoms. The number of Topliss-reactive ketones (excluding diaryl/α,β-unsaturated/α-hetero) is 1. The van der Waals surface area contributed by atoms with Crippen LogP contribution in [0.4, 0.5) is 0 Å². The lowest BCUT2D eigenvalue weighted by molar-refractivity contribution is -0.130. The molecule has 1 aliphatic heterocycles. The number of carbonyl (C=O) groups is 2. The molecule has 4 nitrogen and oxygen atoms in total. The van der Waals surface area contributed by atoms with Crippen LogP contribution in [-0.4, -0.2) is 17.7 Å². The Bertz CT molecular complexity index is 834. The molecule has 0 aromatic heterocycles. The SMILES string of the molecule is CC(C)C[C@@H]1N[C@](C(=O)[C@H]2C[C@@H]2c2ccccc2)(c2ccccc2)NC1=O. The standard InChI is InChI=1S/C23H26N2O2/c1-15(2)13-20-22(27)25-23(24-20,17-11-7-4-8-12-17)21(26)19-14-18(19)16-9-5-3-6-10-16/h3-12,15,18-20,24H,13-14H2,1-2H3,(H,25,27)/t18-,19+,20+,23-/m1/s1. The van der Waals surface area contributed by atoms with Crippen LogP contribution < -0.4 is 10.6 Å². The van der Waals surface area contributed by atoms with Gasteiger partial charge in [-0.05, 0) is 35.8 Å². The van der Waals surface area contributed by atoms with Crippen molar-refractivity contribution in [3.05, 3.63) is 71.8 Å². The van der Waals surface area contributed by atoms with Gasteiger partial charge in [0.2, 0.25) is 5.91 Å². The third-order valence-corrected chi connectivity index (χ3v) is 5.66. The molecule has 27 heavy (non-hydrogen) atoms. The van der Waals surface area contributed by atoms with Crippen LogP contribution >= 0.6 is 0 Å². The van der Waals surface area contributed by atoms with E-state index in [1.54, 1.807) is 0 Å². The molecule has 2 aromatic rings. The fraction of sp³-hybridized carbons (Fsp3) is 0.391. The molecule has 1 saturated carbocycles. The first kappa shape index (κ1) is 17.9. The fourth-order valence-corrected chi connectivity index (χ4v) is 4.22. The number of carbonyl (C=O) groups excluding carboxylic acids is 2. The van der Waals surface area contributed by atoms with Crippen LogP contribution in [0.25, 0.3) is 0 Å². The van der Waals surface area contributed by atoms with Gasteiger partial charge < -0.3 is 5.32 Å². The maximum atomic E-state index is 13.6. The van der Waals surface area contributed by atoms with Crippen LogP contribution in [0.3, 0.4) is 0 Å². The van der Waals surface area contributed by atoms with Crippen molar-refractivity contribution >= 4 is 11.7 Å². The topological polar surface area (TPSA) is 58.2 Å². The Morgan fingerprint density at radius 3 is 2.33 bits per heavy atom. The quantitative estimate of drug-likeness (QED) is 0.829. The number of benzene rings is 2. The molecule has 1 aliphatic carbocycles. The molecule has 2 aromatic carbocycles. The van der Waals surface area contributed by atoms with E-state index in [4.69, 9.17) is 0 Å². The van der Waals surface area contributed by atoms with Crippen molar-refractivity contribution in [1.29, 1.82) is 0 Å². The number of nitrogens with one attached hydrogen (secondary N) is 2. The molecule has 2 aliphatic rings. The molecule has 0 unspecified atom stereocenters. The van der Waals surface area contributed by atoms with Gasteiger partial charge in [-0.15, -0.1) is 0 Å². The molecular weight excluding hydrogens is 336 g/mol. The van der Waals surface area contributed by atoms with E-state index in [0.29, 0.717) is 12.3 Å². The molecule has 1 saturated heterocycles. The van der Waals surface area contributed by atoms with E-state index >= 15 is 0 Å². The number of ketones is 1. The number of hydrogen-bond acceptors (Lipinski definition) is 3. The average molecular weight is 362 g/mol. The molecule has 4 atom stereocenters. The van der Waals surface area contributed by atoms with Crippen LogP contribution in [0.15, 0.2) is 60.7 Å². The largest absolute Gasteiger partial charge is 0.326 e. The molecule has 1 amide bonds. The van der Waals surface area contributed by atoms with Gasteiger partial charge in [0.1, 0.15) is 0 Å². The molecule has 0 bridgehead atoms. The predicted molar refractivity (Wildman–Crippen MR) is 105 cm³/mol. The van der Waals surface area contributed by atoms with Crippen molar-refractivity contribution in [2.24, 2.45) is 11.8 Å². The van der Waals surface area contributed by atoms with Gasteiger partial charge in [0.15, 0.2) is 11.4 Å². The zero-order valence-corrected chi connectivity index (χ0v) is 15.8. The second-order valence-corrected chi connectivity index (χ2v) is 8.16. The van der Waals surface area contributed by atoms with Crippen molar-refractivity contribution in [3.8, 4) is 0 Å². The molecule has 140 valence electrons. The Morgan fingerprint density at radius 2 is 1.70 bits per heavy atom. The zero-order valence-electron chi connectivity index (χ0n) is 15.8. The van der Waals surface area contributed by atoms with Gasteiger partial charge in [0, 0.05) is 5.92 Å². The first-order valence-corrected chi connectivity index (χ1v) is 9.76. The summed E-state index contributed by atoms with van der Waals surface area (Å²) < 4.78 is 0. The van der Waals surface area contributed by atoms with Crippen LogP contribution in [0.2, 0.25) is 0 Å². The minimum absolute atomic E-state index is 0.0711. The average Bonchev–Trinajstić information content (AvgIpc) is 3.41. The number of amides is 1. The lowest BCUT2D eigenvalue weighted by Gasteiger charge is -2.29. The van der Waals surface area contributed by atoms with E-state index in [0.717, 1.165) is 12.0 Å². The molecule has 0 spiro atoms. The minimum atomic E-state index is -1.12. The van der Waals surface area contributed by atoms with Crippen LogP contribution in [0.1, 0.15) is 43.7 Å². The summed E-state index contributed by atoms with van der Waals surface area (Å²) in [6.45, 7) is 4.18. The smallest absolute Gasteiger partial charge is 0.239 e. The Balaban J connectivity index is 1.64. The maximum absolute atomic E-state index is 13.6. The van der Waals surface area contributed by atoms with Crippen LogP contribution in [0.5, 0.6) is 0 Å². The summed E-state index contributed by atoms with van der Waals surface area (Å²) in [6, 6.07) is 19.4. The summed E-state index contributed by atoms with van der Waals surface area (Å²) >= 11 is 0. The Kier molecular flexibility index (Phi) is 4.60. The van der Waals surface area contributed by atoms with Crippen molar-refractivity contribution in [1.82, 2.24) is 10.6 Å². The molecule has 1 heterocycles. The first-order valence-electron chi connectivity index (χ1n) is 9.76. The molecule has 4 rings (SSSR count). The molecule has 2 N–H and O–H groups in total. The van der Waals surface area contributed by atoms with E-state index in [1.165, 1.54) is 5.56 Å². The highest BCUT2D eigenvalue weighted by molar-refractivity contribution is 6.01. The monoisotopic (exact) mass is 362 g/mol. The van der Waals surface area contributed by atoms with Crippen LogP contribution in [-0.2, 0) is 15.3 Å². The zero-order chi connectivity index (χ0) is 19.0. The second-order valence-electron chi connectivity index (χ2n) is 8.16. The highest BCUT2D eigenvalue weighted by atomic mass is 16.2. The lowest BCUT2D eigenvalue weighted by atomic mass is 9.91. The molecule has 0 radical (unpaired) electrons. The van der Waals surface area contributed by atoms with Crippen molar-refractivity contribution in [2.45, 2.75) is 44.3 Å². The van der Waals surface area contributed by atoms with Crippen molar-refractivity contribution in [2.75, 3.05) is 0 Å². The summed E-state index contributed by atoms with van der Waals surface area (Å²) in [5, 5.41) is 6.42. The van der Waals surface area contributed by atoms with E-state index < -0.39 is 5.66 Å². The Hall–Kier alpha value is -2.46. The van der Waals surface area contributed by atoms with Crippen molar-refractivity contribution in [3.63, 3.8) is 0 Å². The van der Waals surface area contributed by atoms with E-state index in [-0.39, 0.29) is 29.6 Å². The summed E-state index contributed by atoms with van der Waals surface area (Å²) in [7, 11) is 0. The van der Waals surface area contributed by atoms with Gasteiger partial charge in [-0.1, -0.05) is 74.5 Å². The minimum Gasteiger partial charge on any atom is -0.326 e. The van der Waals surface area contributed by atoms with Gasteiger partial charge >= 0.3 is 0 Å². The summed E-state index contributed by atoms with van der Waals surface area (Å²) in [5.74, 6) is 0.522. The van der Waals surface area contributed by atoms with E-state index in [1.807, 2.05) is 48.5 Å². The summed E-state index contributed by atoms with van der Waals surface area (Å²) in [4.78, 5) is 26.3. The normalized spacial score (nSPS) is 29.6. The van der Waals surface area contributed by atoms with E-state index in [9.17, 15) is 9.59 Å². The maximum Gasteiger partial charge on any atom is 0.239 e. The third kappa shape index (κ3) is 3.30. The van der Waals surface area contributed by atoms with Gasteiger partial charge in [-0.25, -0.2) is 0 Å². The first-order chi connectivity index (χ1) is 13.0. The second kappa shape index (κ2) is 6.93. The molecular formula is C23H26N2O2. The fourth-order valence-electron chi connectivity index (χ4n) is 4.22. The van der Waals surface area contributed by atoms with Gasteiger partial charge in [-0.2, -0.15) is 0 Å². The lowest BCUT2D eigenvalue weighted by Crippen LogP contribution is -2.55. The molecule has 2 fully saturated rings. The highest BCUT2D eigenvalue weighted by Crippen LogP contribution is 2.51. The summed E-state index contributed by atoms with van der Waals surface area (Å²) in [5.41, 5.74) is 0.891. The van der Waals surface area contributed by atoms with E-state index in [2.05, 4.69) is 36.6 Å². The Morgan fingerprint density at radius 1 is 1.07 bits per heavy atom. The van der Waals surface area contributed by atoms with Gasteiger partial charge in [-0.3, -0.25) is 14.9 Å². The highest BCUT2D eigenvalue weighted by Gasteiger charge is 2.57. The third-order valence-electron chi connectivity index (χ3n) is 5.66. The predicted octanol–water partition coefficient (Wildman–Crippen LogP) is 3.35. The van der Waals surface area contributed by atoms with Gasteiger partial charge in [0.25, 0.3) is 0 Å². The number of hydrogen-bond donors (Lipinski definition) is 2. The Labute approximate surface area is 160 Å². The number of rotatable bonds is 6. The van der Waals surface area contributed by atoms with Crippen molar-refractivity contribution < 1.29 is 9.59 Å². The summed E-state index contributed by atoms with van der Waals surface area (Å²) in [6.07, 6.45) is 1.55. The van der Waals surface area contributed by atoms with Crippen LogP contribution in [0, 0.1) is 11.8 Å².